The first-order chi connectivity index (χ1) is 9.82. The molecule has 1 saturated carbocycles. The number of halogens is 1. The molecule has 6 heteroatoms. The maximum Gasteiger partial charge on any atom is 0.175 e. The molecule has 1 fully saturated rings. The van der Waals surface area contributed by atoms with Crippen LogP contribution >= 0.6 is 11.6 Å². The third-order valence-electron chi connectivity index (χ3n) is 4.02. The lowest BCUT2D eigenvalue weighted by atomic mass is 9.85. The Bertz CT molecular complexity index is 595. The van der Waals surface area contributed by atoms with Crippen LogP contribution in [0.5, 0.6) is 0 Å². The van der Waals surface area contributed by atoms with E-state index in [2.05, 4.69) is 5.32 Å². The number of aliphatic hydroxyl groups is 1. The number of nitrogens with one attached hydrogen (secondary N) is 1. The summed E-state index contributed by atoms with van der Waals surface area (Å²) in [6, 6.07) is 4.88. The van der Waals surface area contributed by atoms with Gasteiger partial charge in [0, 0.05) is 29.9 Å². The lowest BCUT2D eigenvalue weighted by Gasteiger charge is -2.32. The first-order valence-corrected chi connectivity index (χ1v) is 9.49. The van der Waals surface area contributed by atoms with E-state index in [1.807, 2.05) is 0 Å². The van der Waals surface area contributed by atoms with Crippen LogP contribution in [-0.2, 0) is 16.4 Å². The Kier molecular flexibility index (Phi) is 5.30. The van der Waals surface area contributed by atoms with Crippen molar-refractivity contribution in [2.24, 2.45) is 0 Å². The zero-order valence-corrected chi connectivity index (χ0v) is 13.8. The van der Waals surface area contributed by atoms with Crippen LogP contribution in [-0.4, -0.2) is 31.9 Å². The van der Waals surface area contributed by atoms with Gasteiger partial charge in [0.2, 0.25) is 0 Å². The molecule has 1 aliphatic carbocycles. The van der Waals surface area contributed by atoms with Gasteiger partial charge in [-0.15, -0.1) is 0 Å². The topological polar surface area (TPSA) is 66.4 Å². The smallest absolute Gasteiger partial charge is 0.175 e. The standard InChI is InChI=1S/C15H22ClNO3S/c1-21(19,20)14-7-5-6-13(16)12(14)10-17-11-15(18)8-3-2-4-9-15/h5-7,17-18H,2-4,8-11H2,1H3. The molecule has 0 radical (unpaired) electrons. The normalized spacial score (nSPS) is 18.6. The van der Waals surface area contributed by atoms with Crippen LogP contribution in [0.1, 0.15) is 37.7 Å². The van der Waals surface area contributed by atoms with Crippen molar-refractivity contribution in [3.63, 3.8) is 0 Å². The molecule has 4 nitrogen and oxygen atoms in total. The maximum atomic E-state index is 11.8. The minimum Gasteiger partial charge on any atom is -0.389 e. The first kappa shape index (κ1) is 16.7. The van der Waals surface area contributed by atoms with E-state index >= 15 is 0 Å². The van der Waals surface area contributed by atoms with Crippen LogP contribution < -0.4 is 5.32 Å². The SMILES string of the molecule is CS(=O)(=O)c1cccc(Cl)c1CNCC1(O)CCCCC1. The highest BCUT2D eigenvalue weighted by atomic mass is 35.5. The van der Waals surface area contributed by atoms with Gasteiger partial charge in [0.1, 0.15) is 0 Å². The van der Waals surface area contributed by atoms with Crippen LogP contribution in [0.15, 0.2) is 23.1 Å². The van der Waals surface area contributed by atoms with Gasteiger partial charge in [0.05, 0.1) is 10.5 Å². The van der Waals surface area contributed by atoms with Crippen LogP contribution in [0.4, 0.5) is 0 Å². The van der Waals surface area contributed by atoms with E-state index in [0.29, 0.717) is 23.7 Å². The van der Waals surface area contributed by atoms with Crippen molar-refractivity contribution in [1.82, 2.24) is 5.32 Å². The van der Waals surface area contributed by atoms with Gasteiger partial charge in [0.25, 0.3) is 0 Å². The van der Waals surface area contributed by atoms with Crippen molar-refractivity contribution >= 4 is 21.4 Å². The fourth-order valence-corrected chi connectivity index (χ4v) is 4.12. The molecule has 0 bridgehead atoms. The minimum absolute atomic E-state index is 0.248. The summed E-state index contributed by atoms with van der Waals surface area (Å²) in [6.07, 6.45) is 6.02. The number of sulfone groups is 1. The molecule has 0 spiro atoms. The summed E-state index contributed by atoms with van der Waals surface area (Å²) in [5, 5.41) is 14.0. The molecule has 0 unspecified atom stereocenters. The monoisotopic (exact) mass is 331 g/mol. The Morgan fingerprint density at radius 2 is 1.95 bits per heavy atom. The summed E-state index contributed by atoms with van der Waals surface area (Å²) in [5.41, 5.74) is -0.105. The Morgan fingerprint density at radius 3 is 2.57 bits per heavy atom. The molecule has 0 amide bonds. The van der Waals surface area contributed by atoms with Crippen molar-refractivity contribution in [2.75, 3.05) is 12.8 Å². The average molecular weight is 332 g/mol. The third-order valence-corrected chi connectivity index (χ3v) is 5.55. The molecule has 0 saturated heterocycles. The maximum absolute atomic E-state index is 11.8. The Hall–Kier alpha value is -0.620. The highest BCUT2D eigenvalue weighted by Crippen LogP contribution is 2.28. The molecule has 0 heterocycles. The fraction of sp³-hybridized carbons (Fsp3) is 0.600. The molecule has 0 atom stereocenters. The van der Waals surface area contributed by atoms with Crippen LogP contribution in [0.2, 0.25) is 5.02 Å². The second-order valence-electron chi connectivity index (χ2n) is 5.88. The summed E-state index contributed by atoms with van der Waals surface area (Å²) >= 11 is 6.12. The second kappa shape index (κ2) is 6.65. The van der Waals surface area contributed by atoms with Crippen molar-refractivity contribution < 1.29 is 13.5 Å². The van der Waals surface area contributed by atoms with E-state index in [1.165, 1.54) is 12.7 Å². The van der Waals surface area contributed by atoms with E-state index in [4.69, 9.17) is 11.6 Å². The van der Waals surface area contributed by atoms with Gasteiger partial charge in [-0.3, -0.25) is 0 Å². The summed E-state index contributed by atoms with van der Waals surface area (Å²) < 4.78 is 23.6. The summed E-state index contributed by atoms with van der Waals surface area (Å²) in [5.74, 6) is 0. The highest BCUT2D eigenvalue weighted by molar-refractivity contribution is 7.90. The molecule has 21 heavy (non-hydrogen) atoms. The lowest BCUT2D eigenvalue weighted by molar-refractivity contribution is 0.00464. The number of benzene rings is 1. The zero-order valence-electron chi connectivity index (χ0n) is 12.2. The largest absolute Gasteiger partial charge is 0.389 e. The molecular formula is C15H22ClNO3S. The molecule has 2 rings (SSSR count). The van der Waals surface area contributed by atoms with E-state index in [1.54, 1.807) is 18.2 Å². The number of rotatable bonds is 5. The van der Waals surface area contributed by atoms with Gasteiger partial charge < -0.3 is 10.4 Å². The van der Waals surface area contributed by atoms with Gasteiger partial charge in [-0.1, -0.05) is 36.9 Å². The van der Waals surface area contributed by atoms with Gasteiger partial charge in [-0.05, 0) is 25.0 Å². The molecule has 118 valence electrons. The van der Waals surface area contributed by atoms with Crippen LogP contribution in [0.25, 0.3) is 0 Å². The molecule has 0 aliphatic heterocycles. The van der Waals surface area contributed by atoms with Gasteiger partial charge in [-0.2, -0.15) is 0 Å². The minimum atomic E-state index is -3.31. The Morgan fingerprint density at radius 1 is 1.29 bits per heavy atom. The predicted octanol–water partition coefficient (Wildman–Crippen LogP) is 2.53. The van der Waals surface area contributed by atoms with E-state index in [9.17, 15) is 13.5 Å². The van der Waals surface area contributed by atoms with E-state index < -0.39 is 15.4 Å². The first-order valence-electron chi connectivity index (χ1n) is 7.22. The van der Waals surface area contributed by atoms with Crippen molar-refractivity contribution in [1.29, 1.82) is 0 Å². The molecule has 1 aromatic rings. The van der Waals surface area contributed by atoms with E-state index in [-0.39, 0.29) is 4.90 Å². The van der Waals surface area contributed by atoms with Gasteiger partial charge >= 0.3 is 0 Å². The van der Waals surface area contributed by atoms with Crippen molar-refractivity contribution in [3.8, 4) is 0 Å². The van der Waals surface area contributed by atoms with Crippen molar-refractivity contribution in [2.45, 2.75) is 49.1 Å². The summed E-state index contributed by atoms with van der Waals surface area (Å²) in [7, 11) is -3.31. The highest BCUT2D eigenvalue weighted by Gasteiger charge is 2.28. The zero-order chi connectivity index (χ0) is 15.5. The molecule has 1 aliphatic rings. The van der Waals surface area contributed by atoms with Gasteiger partial charge in [-0.25, -0.2) is 8.42 Å². The van der Waals surface area contributed by atoms with Crippen LogP contribution in [0.3, 0.4) is 0 Å². The summed E-state index contributed by atoms with van der Waals surface area (Å²) in [4.78, 5) is 0.248. The van der Waals surface area contributed by atoms with Crippen molar-refractivity contribution in [3.05, 3.63) is 28.8 Å². The van der Waals surface area contributed by atoms with Gasteiger partial charge in [0.15, 0.2) is 9.84 Å². The second-order valence-corrected chi connectivity index (χ2v) is 8.27. The average Bonchev–Trinajstić information content (AvgIpc) is 2.40. The molecule has 2 N–H and O–H groups in total. The predicted molar refractivity (Wildman–Crippen MR) is 84.3 cm³/mol. The van der Waals surface area contributed by atoms with E-state index in [0.717, 1.165) is 25.7 Å². The van der Waals surface area contributed by atoms with Crippen LogP contribution in [0, 0.1) is 0 Å². The Balaban J connectivity index is 2.06. The molecular weight excluding hydrogens is 310 g/mol. The molecule has 0 aromatic heterocycles. The fourth-order valence-electron chi connectivity index (χ4n) is 2.86. The number of hydrogen-bond acceptors (Lipinski definition) is 4. The molecule has 1 aromatic carbocycles. The Labute approximate surface area is 131 Å². The summed E-state index contributed by atoms with van der Waals surface area (Å²) in [6.45, 7) is 0.797. The third kappa shape index (κ3) is 4.42. The lowest BCUT2D eigenvalue weighted by Crippen LogP contribution is -2.42. The quantitative estimate of drug-likeness (QED) is 0.870. The number of hydrogen-bond donors (Lipinski definition) is 2.